The summed E-state index contributed by atoms with van der Waals surface area (Å²) in [5.74, 6) is -1.33. The lowest BCUT2D eigenvalue weighted by atomic mass is 9.85. The molecule has 1 aromatic heterocycles. The summed E-state index contributed by atoms with van der Waals surface area (Å²) < 4.78 is 0. The van der Waals surface area contributed by atoms with Gasteiger partial charge in [0.1, 0.15) is 0 Å². The number of carbonyl (C=O) groups excluding carboxylic acids is 2. The Hall–Kier alpha value is -3.21. The highest BCUT2D eigenvalue weighted by Gasteiger charge is 2.24. The highest BCUT2D eigenvalue weighted by atomic mass is 16.2. The summed E-state index contributed by atoms with van der Waals surface area (Å²) in [6.45, 7) is 6.33. The summed E-state index contributed by atoms with van der Waals surface area (Å²) in [5.41, 5.74) is 2.37. The van der Waals surface area contributed by atoms with Crippen LogP contribution in [0.5, 0.6) is 0 Å². The molecule has 0 saturated heterocycles. The molecule has 0 aliphatic heterocycles. The first-order chi connectivity index (χ1) is 13.3. The predicted molar refractivity (Wildman–Crippen MR) is 112 cm³/mol. The van der Waals surface area contributed by atoms with E-state index in [-0.39, 0.29) is 11.5 Å². The van der Waals surface area contributed by atoms with Gasteiger partial charge in [-0.1, -0.05) is 57.2 Å². The van der Waals surface area contributed by atoms with Crippen molar-refractivity contribution in [3.05, 3.63) is 72.4 Å². The molecule has 0 aliphatic carbocycles. The average molecular weight is 375 g/mol. The van der Waals surface area contributed by atoms with Gasteiger partial charge in [-0.25, -0.2) is 0 Å². The monoisotopic (exact) mass is 375 g/mol. The number of pyridine rings is 1. The number of benzene rings is 2. The summed E-state index contributed by atoms with van der Waals surface area (Å²) in [6.07, 6.45) is 2.44. The zero-order chi connectivity index (χ0) is 20.1. The minimum Gasteiger partial charge on any atom is -0.341 e. The third-order valence-electron chi connectivity index (χ3n) is 4.39. The quantitative estimate of drug-likeness (QED) is 0.661. The largest absolute Gasteiger partial charge is 0.341 e. The summed E-state index contributed by atoms with van der Waals surface area (Å²) >= 11 is 0. The molecule has 0 radical (unpaired) electrons. The Morgan fingerprint density at radius 2 is 1.71 bits per heavy atom. The lowest BCUT2D eigenvalue weighted by Gasteiger charge is -2.27. The van der Waals surface area contributed by atoms with Gasteiger partial charge in [-0.2, -0.15) is 0 Å². The number of aromatic nitrogens is 1. The molecule has 0 bridgehead atoms. The number of nitrogens with one attached hydrogen (secondary N) is 2. The minimum atomic E-state index is -0.682. The molecule has 2 N–H and O–H groups in total. The number of hydrogen-bond acceptors (Lipinski definition) is 3. The lowest BCUT2D eigenvalue weighted by Crippen LogP contribution is -2.39. The molecule has 144 valence electrons. The fraction of sp³-hybridized carbons (Fsp3) is 0.261. The second-order valence-electron chi connectivity index (χ2n) is 8.07. The smallest absolute Gasteiger partial charge is 0.313 e. The van der Waals surface area contributed by atoms with Gasteiger partial charge in [0.2, 0.25) is 0 Å². The van der Waals surface area contributed by atoms with E-state index in [1.54, 1.807) is 18.3 Å². The number of carbonyl (C=O) groups is 2. The van der Waals surface area contributed by atoms with E-state index in [9.17, 15) is 9.59 Å². The van der Waals surface area contributed by atoms with E-state index in [4.69, 9.17) is 0 Å². The summed E-state index contributed by atoms with van der Waals surface area (Å²) in [6, 6.07) is 18.6. The molecule has 5 nitrogen and oxygen atoms in total. The lowest BCUT2D eigenvalue weighted by molar-refractivity contribution is -0.136. The van der Waals surface area contributed by atoms with Gasteiger partial charge < -0.3 is 10.6 Å². The zero-order valence-corrected chi connectivity index (χ0v) is 16.4. The zero-order valence-electron chi connectivity index (χ0n) is 16.4. The van der Waals surface area contributed by atoms with Crippen LogP contribution in [-0.2, 0) is 9.59 Å². The Morgan fingerprint density at radius 3 is 2.43 bits per heavy atom. The fourth-order valence-electron chi connectivity index (χ4n) is 3.11. The number of nitrogens with zero attached hydrogens (tertiary/aromatic N) is 1. The van der Waals surface area contributed by atoms with E-state index < -0.39 is 11.8 Å². The molecule has 1 heterocycles. The van der Waals surface area contributed by atoms with Crippen molar-refractivity contribution in [2.24, 2.45) is 5.41 Å². The van der Waals surface area contributed by atoms with E-state index in [1.807, 2.05) is 48.5 Å². The standard InChI is InChI=1S/C23H25N3O2/c1-23(2,3)15-20(16-8-5-4-6-9-16)26-22(28)21(27)25-18-11-12-19-17(14-18)10-7-13-24-19/h4-14,20H,15H2,1-3H3,(H,25,27)(H,26,28). The van der Waals surface area contributed by atoms with Crippen LogP contribution < -0.4 is 10.6 Å². The van der Waals surface area contributed by atoms with E-state index in [0.29, 0.717) is 5.69 Å². The normalized spacial score (nSPS) is 12.4. The number of anilines is 1. The Morgan fingerprint density at radius 1 is 0.964 bits per heavy atom. The van der Waals surface area contributed by atoms with E-state index in [1.165, 1.54) is 0 Å². The van der Waals surface area contributed by atoms with Crippen LogP contribution in [-0.4, -0.2) is 16.8 Å². The Kier molecular flexibility index (Phi) is 5.73. The van der Waals surface area contributed by atoms with Crippen LogP contribution in [0.3, 0.4) is 0 Å². The molecule has 0 saturated carbocycles. The number of hydrogen-bond donors (Lipinski definition) is 2. The number of rotatable bonds is 4. The summed E-state index contributed by atoms with van der Waals surface area (Å²) in [7, 11) is 0. The van der Waals surface area contributed by atoms with Crippen LogP contribution in [0.25, 0.3) is 10.9 Å². The Labute approximate surface area is 165 Å². The summed E-state index contributed by atoms with van der Waals surface area (Å²) in [5, 5.41) is 6.46. The van der Waals surface area contributed by atoms with Gasteiger partial charge in [0.15, 0.2) is 0 Å². The summed E-state index contributed by atoms with van der Waals surface area (Å²) in [4.78, 5) is 29.2. The highest BCUT2D eigenvalue weighted by Crippen LogP contribution is 2.29. The van der Waals surface area contributed by atoms with Crippen LogP contribution in [0.4, 0.5) is 5.69 Å². The van der Waals surface area contributed by atoms with Gasteiger partial charge in [0.25, 0.3) is 0 Å². The molecule has 0 spiro atoms. The van der Waals surface area contributed by atoms with Gasteiger partial charge in [0.05, 0.1) is 11.6 Å². The minimum absolute atomic E-state index is 0.00436. The van der Waals surface area contributed by atoms with Crippen molar-refractivity contribution in [3.63, 3.8) is 0 Å². The highest BCUT2D eigenvalue weighted by molar-refractivity contribution is 6.39. The van der Waals surface area contributed by atoms with Crippen molar-refractivity contribution in [1.29, 1.82) is 0 Å². The maximum absolute atomic E-state index is 12.5. The topological polar surface area (TPSA) is 71.1 Å². The van der Waals surface area contributed by atoms with Crippen molar-refractivity contribution in [2.45, 2.75) is 33.2 Å². The third kappa shape index (κ3) is 5.16. The number of amides is 2. The molecule has 2 aromatic carbocycles. The fourth-order valence-corrected chi connectivity index (χ4v) is 3.11. The van der Waals surface area contributed by atoms with Crippen LogP contribution in [0.15, 0.2) is 66.9 Å². The molecule has 0 aliphatic rings. The molecule has 0 fully saturated rings. The van der Waals surface area contributed by atoms with Crippen LogP contribution in [0, 0.1) is 5.41 Å². The second-order valence-corrected chi connectivity index (χ2v) is 8.07. The van der Waals surface area contributed by atoms with Crippen molar-refractivity contribution in [2.75, 3.05) is 5.32 Å². The van der Waals surface area contributed by atoms with Gasteiger partial charge in [-0.3, -0.25) is 14.6 Å². The Bertz CT molecular complexity index is 978. The molecule has 3 rings (SSSR count). The van der Waals surface area contributed by atoms with Crippen molar-refractivity contribution >= 4 is 28.4 Å². The molecular weight excluding hydrogens is 350 g/mol. The van der Waals surface area contributed by atoms with E-state index in [2.05, 4.69) is 36.4 Å². The van der Waals surface area contributed by atoms with Gasteiger partial charge in [-0.15, -0.1) is 0 Å². The van der Waals surface area contributed by atoms with Gasteiger partial charge >= 0.3 is 11.8 Å². The van der Waals surface area contributed by atoms with Crippen molar-refractivity contribution < 1.29 is 9.59 Å². The predicted octanol–water partition coefficient (Wildman–Crippen LogP) is 4.47. The SMILES string of the molecule is CC(C)(C)CC(NC(=O)C(=O)Nc1ccc2ncccc2c1)c1ccccc1. The maximum Gasteiger partial charge on any atom is 0.313 e. The van der Waals surface area contributed by atoms with Crippen molar-refractivity contribution in [3.8, 4) is 0 Å². The molecule has 2 amide bonds. The molecule has 28 heavy (non-hydrogen) atoms. The molecular formula is C23H25N3O2. The third-order valence-corrected chi connectivity index (χ3v) is 4.39. The van der Waals surface area contributed by atoms with E-state index in [0.717, 1.165) is 22.9 Å². The van der Waals surface area contributed by atoms with Crippen LogP contribution in [0.2, 0.25) is 0 Å². The van der Waals surface area contributed by atoms with E-state index >= 15 is 0 Å². The molecule has 5 heteroatoms. The van der Waals surface area contributed by atoms with Gasteiger partial charge in [0, 0.05) is 17.3 Å². The van der Waals surface area contributed by atoms with Gasteiger partial charge in [-0.05, 0) is 41.7 Å². The van der Waals surface area contributed by atoms with Crippen molar-refractivity contribution in [1.82, 2.24) is 10.3 Å². The Balaban J connectivity index is 1.72. The first kappa shape index (κ1) is 19.5. The first-order valence-corrected chi connectivity index (χ1v) is 9.33. The first-order valence-electron chi connectivity index (χ1n) is 9.33. The molecule has 1 unspecified atom stereocenters. The maximum atomic E-state index is 12.5. The molecule has 1 atom stereocenters. The second kappa shape index (κ2) is 8.21. The number of fused-ring (bicyclic) bond motifs is 1. The molecule has 3 aromatic rings. The van der Waals surface area contributed by atoms with Crippen LogP contribution in [0.1, 0.15) is 38.8 Å². The van der Waals surface area contributed by atoms with Crippen LogP contribution >= 0.6 is 0 Å². The average Bonchev–Trinajstić information content (AvgIpc) is 2.67.